The standard InChI is InChI=1S/C15H17N3O/c1-11(12-5-3-6-13(16)9-12)15(19)18(2)14-7-4-8-17-10-14/h3-11H,16H2,1-2H3. The second-order valence-corrected chi connectivity index (χ2v) is 4.50. The van der Waals surface area contributed by atoms with Crippen LogP contribution in [-0.4, -0.2) is 17.9 Å². The van der Waals surface area contributed by atoms with E-state index in [0.717, 1.165) is 11.3 Å². The Bertz CT molecular complexity index is 569. The van der Waals surface area contributed by atoms with Gasteiger partial charge in [0, 0.05) is 18.9 Å². The number of benzene rings is 1. The highest BCUT2D eigenvalue weighted by atomic mass is 16.2. The number of nitrogens with two attached hydrogens (primary N) is 1. The highest BCUT2D eigenvalue weighted by Gasteiger charge is 2.20. The highest BCUT2D eigenvalue weighted by Crippen LogP contribution is 2.22. The zero-order valence-electron chi connectivity index (χ0n) is 11.1. The first-order valence-corrected chi connectivity index (χ1v) is 6.12. The molecule has 0 saturated carbocycles. The molecule has 2 aromatic rings. The number of amides is 1. The molecule has 0 saturated heterocycles. The van der Waals surface area contributed by atoms with E-state index < -0.39 is 0 Å². The van der Waals surface area contributed by atoms with Gasteiger partial charge in [0.2, 0.25) is 5.91 Å². The van der Waals surface area contributed by atoms with Gasteiger partial charge in [0.25, 0.3) is 0 Å². The first kappa shape index (κ1) is 13.1. The number of aromatic nitrogens is 1. The lowest BCUT2D eigenvalue weighted by molar-refractivity contribution is -0.119. The van der Waals surface area contributed by atoms with Crippen LogP contribution < -0.4 is 10.6 Å². The number of rotatable bonds is 3. The summed E-state index contributed by atoms with van der Waals surface area (Å²) >= 11 is 0. The van der Waals surface area contributed by atoms with E-state index >= 15 is 0 Å². The molecule has 0 aliphatic heterocycles. The van der Waals surface area contributed by atoms with Crippen molar-refractivity contribution in [3.05, 3.63) is 54.4 Å². The number of anilines is 2. The van der Waals surface area contributed by atoms with Crippen LogP contribution in [0, 0.1) is 0 Å². The largest absolute Gasteiger partial charge is 0.399 e. The van der Waals surface area contributed by atoms with E-state index in [0.29, 0.717) is 5.69 Å². The molecule has 1 atom stereocenters. The zero-order chi connectivity index (χ0) is 13.8. The maximum atomic E-state index is 12.4. The van der Waals surface area contributed by atoms with Crippen molar-refractivity contribution in [1.82, 2.24) is 4.98 Å². The number of hydrogen-bond acceptors (Lipinski definition) is 3. The second kappa shape index (κ2) is 5.52. The quantitative estimate of drug-likeness (QED) is 0.857. The number of carbonyl (C=O) groups excluding carboxylic acids is 1. The number of pyridine rings is 1. The molecule has 1 unspecified atom stereocenters. The number of likely N-dealkylation sites (N-methyl/N-ethyl adjacent to an activating group) is 1. The fourth-order valence-corrected chi connectivity index (χ4v) is 1.94. The van der Waals surface area contributed by atoms with Crippen molar-refractivity contribution in [2.24, 2.45) is 0 Å². The van der Waals surface area contributed by atoms with Gasteiger partial charge in [-0.2, -0.15) is 0 Å². The Morgan fingerprint density at radius 1 is 1.32 bits per heavy atom. The van der Waals surface area contributed by atoms with Crippen molar-refractivity contribution in [2.75, 3.05) is 17.7 Å². The average molecular weight is 255 g/mol. The van der Waals surface area contributed by atoms with Gasteiger partial charge in [0.15, 0.2) is 0 Å². The molecule has 0 aliphatic carbocycles. The van der Waals surface area contributed by atoms with Crippen molar-refractivity contribution < 1.29 is 4.79 Å². The SMILES string of the molecule is CC(C(=O)N(C)c1cccnc1)c1cccc(N)c1. The summed E-state index contributed by atoms with van der Waals surface area (Å²) in [7, 11) is 1.75. The van der Waals surface area contributed by atoms with Crippen LogP contribution in [0.3, 0.4) is 0 Å². The number of carbonyl (C=O) groups is 1. The minimum atomic E-state index is -0.242. The summed E-state index contributed by atoms with van der Waals surface area (Å²) < 4.78 is 0. The Kier molecular flexibility index (Phi) is 3.80. The highest BCUT2D eigenvalue weighted by molar-refractivity contribution is 5.97. The van der Waals surface area contributed by atoms with Gasteiger partial charge in [-0.3, -0.25) is 9.78 Å². The van der Waals surface area contributed by atoms with Gasteiger partial charge in [-0.25, -0.2) is 0 Å². The van der Waals surface area contributed by atoms with E-state index in [1.54, 1.807) is 24.3 Å². The number of nitrogens with zero attached hydrogens (tertiary/aromatic N) is 2. The Morgan fingerprint density at radius 3 is 2.74 bits per heavy atom. The lowest BCUT2D eigenvalue weighted by Gasteiger charge is -2.21. The van der Waals surface area contributed by atoms with Gasteiger partial charge < -0.3 is 10.6 Å². The number of nitrogen functional groups attached to an aromatic ring is 1. The van der Waals surface area contributed by atoms with Crippen LogP contribution in [0.2, 0.25) is 0 Å². The van der Waals surface area contributed by atoms with E-state index in [4.69, 9.17) is 5.73 Å². The molecule has 0 fully saturated rings. The molecule has 1 aromatic carbocycles. The normalized spacial score (nSPS) is 11.9. The summed E-state index contributed by atoms with van der Waals surface area (Å²) in [5, 5.41) is 0. The summed E-state index contributed by atoms with van der Waals surface area (Å²) in [4.78, 5) is 18.0. The van der Waals surface area contributed by atoms with Crippen molar-refractivity contribution >= 4 is 17.3 Å². The summed E-state index contributed by atoms with van der Waals surface area (Å²) in [6, 6.07) is 11.1. The molecule has 0 bridgehead atoms. The van der Waals surface area contributed by atoms with Gasteiger partial charge in [0.1, 0.15) is 0 Å². The van der Waals surface area contributed by atoms with E-state index in [-0.39, 0.29) is 11.8 Å². The molecule has 19 heavy (non-hydrogen) atoms. The molecule has 1 heterocycles. The molecular formula is C15H17N3O. The maximum Gasteiger partial charge on any atom is 0.234 e. The average Bonchev–Trinajstić information content (AvgIpc) is 2.46. The molecule has 1 amide bonds. The van der Waals surface area contributed by atoms with Crippen LogP contribution in [0.1, 0.15) is 18.4 Å². The summed E-state index contributed by atoms with van der Waals surface area (Å²) in [5.41, 5.74) is 8.11. The van der Waals surface area contributed by atoms with Gasteiger partial charge in [0.05, 0.1) is 17.8 Å². The fourth-order valence-electron chi connectivity index (χ4n) is 1.94. The van der Waals surface area contributed by atoms with Crippen LogP contribution in [0.4, 0.5) is 11.4 Å². The van der Waals surface area contributed by atoms with Crippen molar-refractivity contribution in [3.63, 3.8) is 0 Å². The van der Waals surface area contributed by atoms with Crippen molar-refractivity contribution in [3.8, 4) is 0 Å². The molecule has 4 heteroatoms. The third kappa shape index (κ3) is 2.91. The van der Waals surface area contributed by atoms with Crippen LogP contribution in [0.25, 0.3) is 0 Å². The molecule has 2 rings (SSSR count). The molecule has 0 aliphatic rings. The Balaban J connectivity index is 2.20. The first-order valence-electron chi connectivity index (χ1n) is 6.12. The Hall–Kier alpha value is -2.36. The van der Waals surface area contributed by atoms with Crippen LogP contribution >= 0.6 is 0 Å². The predicted molar refractivity (Wildman–Crippen MR) is 76.9 cm³/mol. The second-order valence-electron chi connectivity index (χ2n) is 4.50. The lowest BCUT2D eigenvalue weighted by Crippen LogP contribution is -2.30. The smallest absolute Gasteiger partial charge is 0.234 e. The molecule has 98 valence electrons. The predicted octanol–water partition coefficient (Wildman–Crippen LogP) is 2.43. The maximum absolute atomic E-state index is 12.4. The Labute approximate surface area is 112 Å². The molecule has 2 N–H and O–H groups in total. The Morgan fingerprint density at radius 2 is 2.11 bits per heavy atom. The van der Waals surface area contributed by atoms with Gasteiger partial charge >= 0.3 is 0 Å². The third-order valence-corrected chi connectivity index (χ3v) is 3.14. The van der Waals surface area contributed by atoms with E-state index in [2.05, 4.69) is 4.98 Å². The van der Waals surface area contributed by atoms with E-state index in [1.807, 2.05) is 43.3 Å². The summed E-state index contributed by atoms with van der Waals surface area (Å²) in [5.74, 6) is -0.229. The van der Waals surface area contributed by atoms with Crippen molar-refractivity contribution in [2.45, 2.75) is 12.8 Å². The minimum Gasteiger partial charge on any atom is -0.399 e. The molecule has 0 radical (unpaired) electrons. The topological polar surface area (TPSA) is 59.2 Å². The van der Waals surface area contributed by atoms with Crippen molar-refractivity contribution in [1.29, 1.82) is 0 Å². The molecule has 1 aromatic heterocycles. The summed E-state index contributed by atoms with van der Waals surface area (Å²) in [6.07, 6.45) is 3.35. The monoisotopic (exact) mass is 255 g/mol. The zero-order valence-corrected chi connectivity index (χ0v) is 11.1. The molecule has 0 spiro atoms. The van der Waals surface area contributed by atoms with Gasteiger partial charge in [-0.1, -0.05) is 12.1 Å². The number of hydrogen-bond donors (Lipinski definition) is 1. The fraction of sp³-hybridized carbons (Fsp3) is 0.200. The van der Waals surface area contributed by atoms with Crippen LogP contribution in [-0.2, 0) is 4.79 Å². The third-order valence-electron chi connectivity index (χ3n) is 3.14. The van der Waals surface area contributed by atoms with Crippen LogP contribution in [0.5, 0.6) is 0 Å². The summed E-state index contributed by atoms with van der Waals surface area (Å²) in [6.45, 7) is 1.88. The minimum absolute atomic E-state index is 0.0126. The van der Waals surface area contributed by atoms with Gasteiger partial charge in [-0.05, 0) is 36.8 Å². The lowest BCUT2D eigenvalue weighted by atomic mass is 9.99. The van der Waals surface area contributed by atoms with E-state index in [1.165, 1.54) is 0 Å². The van der Waals surface area contributed by atoms with E-state index in [9.17, 15) is 4.79 Å². The van der Waals surface area contributed by atoms with Gasteiger partial charge in [-0.15, -0.1) is 0 Å². The molecule has 4 nitrogen and oxygen atoms in total. The van der Waals surface area contributed by atoms with Crippen LogP contribution in [0.15, 0.2) is 48.8 Å². The first-order chi connectivity index (χ1) is 9.09. The molecular weight excluding hydrogens is 238 g/mol.